The highest BCUT2D eigenvalue weighted by atomic mass is 16.4. The second kappa shape index (κ2) is 4.29. The lowest BCUT2D eigenvalue weighted by molar-refractivity contribution is -0.142. The standard InChI is InChI=1S/C12H15NO5/c1-5-7(10(15)16)9(12(3,4)11(17)18)13-8(5)6(2)14/h13H,1-4H3,(H,15,16)(H,17,18). The first-order chi connectivity index (χ1) is 8.10. The number of aromatic amines is 1. The first-order valence-corrected chi connectivity index (χ1v) is 5.31. The van der Waals surface area contributed by atoms with Crippen LogP contribution in [0.5, 0.6) is 0 Å². The topological polar surface area (TPSA) is 107 Å². The van der Waals surface area contributed by atoms with Gasteiger partial charge in [0, 0.05) is 12.6 Å². The number of ketones is 1. The van der Waals surface area contributed by atoms with Gasteiger partial charge in [-0.05, 0) is 26.3 Å². The molecule has 0 radical (unpaired) electrons. The Morgan fingerprint density at radius 1 is 1.17 bits per heavy atom. The summed E-state index contributed by atoms with van der Waals surface area (Å²) in [6, 6.07) is 0. The molecule has 0 spiro atoms. The van der Waals surface area contributed by atoms with E-state index in [4.69, 9.17) is 10.2 Å². The molecule has 98 valence electrons. The second-order valence-electron chi connectivity index (χ2n) is 4.67. The average molecular weight is 253 g/mol. The Morgan fingerprint density at radius 2 is 1.67 bits per heavy atom. The minimum Gasteiger partial charge on any atom is -0.481 e. The molecule has 0 atom stereocenters. The fourth-order valence-corrected chi connectivity index (χ4v) is 1.79. The first-order valence-electron chi connectivity index (χ1n) is 5.31. The molecular weight excluding hydrogens is 238 g/mol. The predicted octanol–water partition coefficient (Wildman–Crippen LogP) is 1.59. The Hall–Kier alpha value is -2.11. The molecule has 0 fully saturated rings. The molecular formula is C12H15NO5. The number of nitrogens with one attached hydrogen (secondary N) is 1. The van der Waals surface area contributed by atoms with Gasteiger partial charge in [0.25, 0.3) is 0 Å². The van der Waals surface area contributed by atoms with Crippen LogP contribution in [0.3, 0.4) is 0 Å². The van der Waals surface area contributed by atoms with Crippen LogP contribution in [0.25, 0.3) is 0 Å². The van der Waals surface area contributed by atoms with E-state index in [1.807, 2.05) is 0 Å². The number of carboxylic acids is 2. The number of carbonyl (C=O) groups excluding carboxylic acids is 1. The molecule has 1 aromatic rings. The van der Waals surface area contributed by atoms with E-state index in [9.17, 15) is 14.4 Å². The Morgan fingerprint density at radius 3 is 2.00 bits per heavy atom. The number of hydrogen-bond acceptors (Lipinski definition) is 3. The Bertz CT molecular complexity index is 539. The smallest absolute Gasteiger partial charge is 0.337 e. The van der Waals surface area contributed by atoms with Crippen LogP contribution < -0.4 is 0 Å². The van der Waals surface area contributed by atoms with Gasteiger partial charge in [0.2, 0.25) is 0 Å². The molecule has 0 aliphatic rings. The second-order valence-corrected chi connectivity index (χ2v) is 4.67. The van der Waals surface area contributed by atoms with Gasteiger partial charge in [0.1, 0.15) is 5.41 Å². The van der Waals surface area contributed by atoms with Crippen LogP contribution >= 0.6 is 0 Å². The fourth-order valence-electron chi connectivity index (χ4n) is 1.79. The van der Waals surface area contributed by atoms with Crippen LogP contribution in [0.4, 0.5) is 0 Å². The van der Waals surface area contributed by atoms with E-state index in [-0.39, 0.29) is 28.3 Å². The van der Waals surface area contributed by atoms with Gasteiger partial charge in [-0.25, -0.2) is 4.79 Å². The van der Waals surface area contributed by atoms with E-state index in [0.29, 0.717) is 0 Å². The van der Waals surface area contributed by atoms with Crippen molar-refractivity contribution in [3.63, 3.8) is 0 Å². The number of carboxylic acid groups (broad SMARTS) is 2. The number of Topliss-reactive ketones (excluding diaryl/α,β-unsaturated/α-hetero) is 1. The van der Waals surface area contributed by atoms with Crippen LogP contribution in [0.2, 0.25) is 0 Å². The minimum atomic E-state index is -1.41. The lowest BCUT2D eigenvalue weighted by Gasteiger charge is -2.18. The number of aromatic carboxylic acids is 1. The lowest BCUT2D eigenvalue weighted by Crippen LogP contribution is -2.31. The molecule has 0 bridgehead atoms. The van der Waals surface area contributed by atoms with Gasteiger partial charge < -0.3 is 15.2 Å². The van der Waals surface area contributed by atoms with Crippen molar-refractivity contribution in [2.75, 3.05) is 0 Å². The van der Waals surface area contributed by atoms with E-state index in [1.54, 1.807) is 0 Å². The van der Waals surface area contributed by atoms with E-state index < -0.39 is 17.4 Å². The molecule has 0 aromatic carbocycles. The maximum atomic E-state index is 11.4. The highest BCUT2D eigenvalue weighted by Gasteiger charge is 2.37. The quantitative estimate of drug-likeness (QED) is 0.706. The zero-order chi connectivity index (χ0) is 14.2. The van der Waals surface area contributed by atoms with Crippen molar-refractivity contribution >= 4 is 17.7 Å². The summed E-state index contributed by atoms with van der Waals surface area (Å²) in [4.78, 5) is 36.4. The summed E-state index contributed by atoms with van der Waals surface area (Å²) in [5.74, 6) is -2.75. The third-order valence-electron chi connectivity index (χ3n) is 2.98. The third-order valence-corrected chi connectivity index (χ3v) is 2.98. The predicted molar refractivity (Wildman–Crippen MR) is 63.2 cm³/mol. The van der Waals surface area contributed by atoms with Crippen LogP contribution in [-0.4, -0.2) is 32.9 Å². The Balaban J connectivity index is 3.64. The van der Waals surface area contributed by atoms with E-state index in [2.05, 4.69) is 4.98 Å². The van der Waals surface area contributed by atoms with Crippen LogP contribution in [0, 0.1) is 6.92 Å². The largest absolute Gasteiger partial charge is 0.481 e. The molecule has 0 unspecified atom stereocenters. The molecule has 0 saturated carbocycles. The van der Waals surface area contributed by atoms with Crippen molar-refractivity contribution in [3.05, 3.63) is 22.5 Å². The van der Waals surface area contributed by atoms with Crippen LogP contribution in [-0.2, 0) is 10.2 Å². The molecule has 18 heavy (non-hydrogen) atoms. The zero-order valence-corrected chi connectivity index (χ0v) is 10.6. The summed E-state index contributed by atoms with van der Waals surface area (Å²) in [7, 11) is 0. The molecule has 1 heterocycles. The first kappa shape index (κ1) is 14.0. The van der Waals surface area contributed by atoms with Crippen LogP contribution in [0.1, 0.15) is 52.9 Å². The molecule has 3 N–H and O–H groups in total. The highest BCUT2D eigenvalue weighted by molar-refractivity contribution is 6.01. The van der Waals surface area contributed by atoms with Gasteiger partial charge in [-0.3, -0.25) is 9.59 Å². The maximum absolute atomic E-state index is 11.4. The maximum Gasteiger partial charge on any atom is 0.337 e. The summed E-state index contributed by atoms with van der Waals surface area (Å²) in [5.41, 5.74) is -1.12. The van der Waals surface area contributed by atoms with Crippen molar-refractivity contribution in [3.8, 4) is 0 Å². The third kappa shape index (κ3) is 2.01. The lowest BCUT2D eigenvalue weighted by atomic mass is 9.86. The molecule has 0 saturated heterocycles. The number of aromatic nitrogens is 1. The Labute approximate surface area is 104 Å². The van der Waals surface area contributed by atoms with Crippen molar-refractivity contribution < 1.29 is 24.6 Å². The van der Waals surface area contributed by atoms with Crippen molar-refractivity contribution in [2.24, 2.45) is 0 Å². The Kier molecular flexibility index (Phi) is 3.32. The summed E-state index contributed by atoms with van der Waals surface area (Å²) < 4.78 is 0. The monoisotopic (exact) mass is 253 g/mol. The summed E-state index contributed by atoms with van der Waals surface area (Å²) in [6.07, 6.45) is 0. The van der Waals surface area contributed by atoms with Crippen molar-refractivity contribution in [2.45, 2.75) is 33.1 Å². The molecule has 0 amide bonds. The number of rotatable bonds is 4. The van der Waals surface area contributed by atoms with Gasteiger partial charge in [0.05, 0.1) is 11.3 Å². The van der Waals surface area contributed by atoms with Gasteiger partial charge >= 0.3 is 11.9 Å². The van der Waals surface area contributed by atoms with E-state index >= 15 is 0 Å². The van der Waals surface area contributed by atoms with Crippen molar-refractivity contribution in [1.29, 1.82) is 0 Å². The summed E-state index contributed by atoms with van der Waals surface area (Å²) in [5, 5.41) is 18.3. The molecule has 0 aliphatic heterocycles. The van der Waals surface area contributed by atoms with E-state index in [0.717, 1.165) is 0 Å². The van der Waals surface area contributed by atoms with Crippen LogP contribution in [0.15, 0.2) is 0 Å². The number of H-pyrrole nitrogens is 1. The highest BCUT2D eigenvalue weighted by Crippen LogP contribution is 2.30. The molecule has 0 aliphatic carbocycles. The molecule has 6 nitrogen and oxygen atoms in total. The minimum absolute atomic E-state index is 0.0326. The molecule has 1 rings (SSSR count). The van der Waals surface area contributed by atoms with Gasteiger partial charge in [0.15, 0.2) is 5.78 Å². The molecule has 6 heteroatoms. The normalized spacial score (nSPS) is 11.3. The number of carbonyl (C=O) groups is 3. The zero-order valence-electron chi connectivity index (χ0n) is 10.6. The SMILES string of the molecule is CC(=O)c1[nH]c(C(C)(C)C(=O)O)c(C(=O)O)c1C. The van der Waals surface area contributed by atoms with E-state index in [1.165, 1.54) is 27.7 Å². The van der Waals surface area contributed by atoms with Gasteiger partial charge in [-0.2, -0.15) is 0 Å². The van der Waals surface area contributed by atoms with Crippen molar-refractivity contribution in [1.82, 2.24) is 4.98 Å². The van der Waals surface area contributed by atoms with Gasteiger partial charge in [-0.15, -0.1) is 0 Å². The number of aliphatic carboxylic acids is 1. The summed E-state index contributed by atoms with van der Waals surface area (Å²) in [6.45, 7) is 5.55. The fraction of sp³-hybridized carbons (Fsp3) is 0.417. The summed E-state index contributed by atoms with van der Waals surface area (Å²) >= 11 is 0. The average Bonchev–Trinajstić information content (AvgIpc) is 2.55. The van der Waals surface area contributed by atoms with Gasteiger partial charge in [-0.1, -0.05) is 0 Å². The number of hydrogen-bond donors (Lipinski definition) is 3. The molecule has 1 aromatic heterocycles.